The topological polar surface area (TPSA) is 52.3 Å². The summed E-state index contributed by atoms with van der Waals surface area (Å²) < 4.78 is 31.3. The summed E-state index contributed by atoms with van der Waals surface area (Å²) in [5.41, 5.74) is 7.20. The molecule has 0 saturated heterocycles. The van der Waals surface area contributed by atoms with Crippen LogP contribution in [0.15, 0.2) is 42.5 Å². The second kappa shape index (κ2) is 6.83. The molecule has 2 N–H and O–H groups in total. The van der Waals surface area contributed by atoms with Gasteiger partial charge >= 0.3 is 5.97 Å². The number of anilines is 1. The van der Waals surface area contributed by atoms with Crippen LogP contribution >= 0.6 is 0 Å². The maximum absolute atomic E-state index is 13.4. The van der Waals surface area contributed by atoms with Gasteiger partial charge in [0.25, 0.3) is 0 Å². The van der Waals surface area contributed by atoms with E-state index in [9.17, 15) is 13.6 Å². The van der Waals surface area contributed by atoms with Crippen LogP contribution in [0, 0.1) is 11.6 Å². The van der Waals surface area contributed by atoms with Crippen molar-refractivity contribution in [2.45, 2.75) is 19.4 Å². The van der Waals surface area contributed by atoms with E-state index in [1.54, 1.807) is 12.1 Å². The predicted molar refractivity (Wildman–Crippen MR) is 75.3 cm³/mol. The summed E-state index contributed by atoms with van der Waals surface area (Å²) in [7, 11) is 0. The van der Waals surface area contributed by atoms with E-state index < -0.39 is 17.6 Å². The average molecular weight is 291 g/mol. The van der Waals surface area contributed by atoms with Crippen LogP contribution in [-0.2, 0) is 22.6 Å². The highest BCUT2D eigenvalue weighted by molar-refractivity contribution is 5.69. The van der Waals surface area contributed by atoms with Crippen LogP contribution in [0.1, 0.15) is 17.5 Å². The Labute approximate surface area is 121 Å². The molecule has 5 heteroatoms. The van der Waals surface area contributed by atoms with E-state index in [4.69, 9.17) is 10.5 Å². The largest absolute Gasteiger partial charge is 0.461 e. The third-order valence-electron chi connectivity index (χ3n) is 3.02. The first kappa shape index (κ1) is 15.0. The SMILES string of the molecule is Nc1ccc(CCC(=O)OCc2cccc(F)c2F)cc1. The number of ether oxygens (including phenoxy) is 1. The van der Waals surface area contributed by atoms with E-state index in [2.05, 4.69) is 0 Å². The van der Waals surface area contributed by atoms with Gasteiger partial charge in [0.2, 0.25) is 0 Å². The van der Waals surface area contributed by atoms with Crippen molar-refractivity contribution in [3.8, 4) is 0 Å². The van der Waals surface area contributed by atoms with Crippen LogP contribution in [0.25, 0.3) is 0 Å². The Morgan fingerprint density at radius 2 is 1.81 bits per heavy atom. The van der Waals surface area contributed by atoms with Crippen molar-refractivity contribution in [3.63, 3.8) is 0 Å². The van der Waals surface area contributed by atoms with E-state index in [-0.39, 0.29) is 18.6 Å². The zero-order valence-corrected chi connectivity index (χ0v) is 11.3. The molecule has 0 atom stereocenters. The van der Waals surface area contributed by atoms with E-state index in [0.29, 0.717) is 12.1 Å². The highest BCUT2D eigenvalue weighted by atomic mass is 19.2. The van der Waals surface area contributed by atoms with Crippen LogP contribution in [0.5, 0.6) is 0 Å². The summed E-state index contributed by atoms with van der Waals surface area (Å²) in [4.78, 5) is 11.6. The molecule has 0 spiro atoms. The summed E-state index contributed by atoms with van der Waals surface area (Å²) in [6.07, 6.45) is 0.672. The number of carbonyl (C=O) groups is 1. The predicted octanol–water partition coefficient (Wildman–Crippen LogP) is 3.22. The fourth-order valence-corrected chi connectivity index (χ4v) is 1.82. The fourth-order valence-electron chi connectivity index (χ4n) is 1.82. The zero-order valence-electron chi connectivity index (χ0n) is 11.3. The van der Waals surface area contributed by atoms with Crippen molar-refractivity contribution < 1.29 is 18.3 Å². The van der Waals surface area contributed by atoms with Gasteiger partial charge in [-0.25, -0.2) is 8.78 Å². The molecular weight excluding hydrogens is 276 g/mol. The molecule has 0 bridgehead atoms. The highest BCUT2D eigenvalue weighted by Gasteiger charge is 2.10. The van der Waals surface area contributed by atoms with Gasteiger partial charge in [-0.15, -0.1) is 0 Å². The Kier molecular flexibility index (Phi) is 4.87. The quantitative estimate of drug-likeness (QED) is 0.679. The third kappa shape index (κ3) is 4.27. The Morgan fingerprint density at radius 1 is 1.10 bits per heavy atom. The number of nitrogens with two attached hydrogens (primary N) is 1. The van der Waals surface area contributed by atoms with E-state index >= 15 is 0 Å². The Bertz CT molecular complexity index is 627. The molecule has 2 rings (SSSR count). The van der Waals surface area contributed by atoms with E-state index in [0.717, 1.165) is 11.6 Å². The molecule has 0 aliphatic rings. The first-order valence-corrected chi connectivity index (χ1v) is 6.49. The number of hydrogen-bond acceptors (Lipinski definition) is 3. The van der Waals surface area contributed by atoms with E-state index in [1.807, 2.05) is 12.1 Å². The van der Waals surface area contributed by atoms with Crippen molar-refractivity contribution in [1.29, 1.82) is 0 Å². The standard InChI is InChI=1S/C16H15F2NO2/c17-14-3-1-2-12(16(14)18)10-21-15(20)9-6-11-4-7-13(19)8-5-11/h1-5,7-8H,6,9-10,19H2. The van der Waals surface area contributed by atoms with Gasteiger partial charge in [-0.2, -0.15) is 0 Å². The minimum Gasteiger partial charge on any atom is -0.461 e. The molecular formula is C16H15F2NO2. The normalized spacial score (nSPS) is 10.4. The Balaban J connectivity index is 1.82. The van der Waals surface area contributed by atoms with Gasteiger partial charge in [-0.05, 0) is 30.2 Å². The molecule has 110 valence electrons. The van der Waals surface area contributed by atoms with Crippen molar-refractivity contribution in [1.82, 2.24) is 0 Å². The number of benzene rings is 2. The molecule has 0 heterocycles. The van der Waals surface area contributed by atoms with Gasteiger partial charge in [0, 0.05) is 17.7 Å². The number of aryl methyl sites for hydroxylation is 1. The van der Waals surface area contributed by atoms with Gasteiger partial charge < -0.3 is 10.5 Å². The molecule has 2 aromatic carbocycles. The molecule has 0 fully saturated rings. The molecule has 0 amide bonds. The Hall–Kier alpha value is -2.43. The van der Waals surface area contributed by atoms with Crippen LogP contribution in [0.2, 0.25) is 0 Å². The smallest absolute Gasteiger partial charge is 0.306 e. The molecule has 0 saturated carbocycles. The number of esters is 1. The van der Waals surface area contributed by atoms with Crippen molar-refractivity contribution in [2.75, 3.05) is 5.73 Å². The van der Waals surface area contributed by atoms with Crippen LogP contribution in [0.3, 0.4) is 0 Å². The average Bonchev–Trinajstić information content (AvgIpc) is 2.48. The summed E-state index contributed by atoms with van der Waals surface area (Å²) in [6.45, 7) is -0.274. The van der Waals surface area contributed by atoms with Crippen LogP contribution in [0.4, 0.5) is 14.5 Å². The van der Waals surface area contributed by atoms with Gasteiger partial charge in [-0.1, -0.05) is 24.3 Å². The van der Waals surface area contributed by atoms with Gasteiger partial charge in [-0.3, -0.25) is 4.79 Å². The van der Waals surface area contributed by atoms with E-state index in [1.165, 1.54) is 12.1 Å². The molecule has 0 aromatic heterocycles. The second-order valence-corrected chi connectivity index (χ2v) is 4.62. The Morgan fingerprint density at radius 3 is 2.52 bits per heavy atom. The molecule has 3 nitrogen and oxygen atoms in total. The van der Waals surface area contributed by atoms with Crippen LogP contribution < -0.4 is 5.73 Å². The summed E-state index contributed by atoms with van der Waals surface area (Å²) >= 11 is 0. The highest BCUT2D eigenvalue weighted by Crippen LogP contribution is 2.13. The number of hydrogen-bond donors (Lipinski definition) is 1. The molecule has 0 aliphatic carbocycles. The van der Waals surface area contributed by atoms with Gasteiger partial charge in [0.05, 0.1) is 0 Å². The van der Waals surface area contributed by atoms with Crippen molar-refractivity contribution >= 4 is 11.7 Å². The number of rotatable bonds is 5. The van der Waals surface area contributed by atoms with Gasteiger partial charge in [0.1, 0.15) is 6.61 Å². The minimum atomic E-state index is -0.983. The van der Waals surface area contributed by atoms with Crippen molar-refractivity contribution in [3.05, 3.63) is 65.2 Å². The van der Waals surface area contributed by atoms with Crippen molar-refractivity contribution in [2.24, 2.45) is 0 Å². The fraction of sp³-hybridized carbons (Fsp3) is 0.188. The lowest BCUT2D eigenvalue weighted by Gasteiger charge is -2.06. The number of nitrogen functional groups attached to an aromatic ring is 1. The number of halogens is 2. The second-order valence-electron chi connectivity index (χ2n) is 4.62. The summed E-state index contributed by atoms with van der Waals surface area (Å²) in [6, 6.07) is 10.9. The molecule has 0 unspecified atom stereocenters. The lowest BCUT2D eigenvalue weighted by atomic mass is 10.1. The summed E-state index contributed by atoms with van der Waals surface area (Å²) in [5.74, 6) is -2.40. The lowest BCUT2D eigenvalue weighted by molar-refractivity contribution is -0.145. The zero-order chi connectivity index (χ0) is 15.2. The molecule has 2 aromatic rings. The summed E-state index contributed by atoms with van der Waals surface area (Å²) in [5, 5.41) is 0. The molecule has 21 heavy (non-hydrogen) atoms. The third-order valence-corrected chi connectivity index (χ3v) is 3.02. The number of carbonyl (C=O) groups excluding carboxylic acids is 1. The van der Waals surface area contributed by atoms with Gasteiger partial charge in [0.15, 0.2) is 11.6 Å². The lowest BCUT2D eigenvalue weighted by Crippen LogP contribution is -2.07. The maximum atomic E-state index is 13.4. The molecule has 0 aliphatic heterocycles. The van der Waals surface area contributed by atoms with Crippen LogP contribution in [-0.4, -0.2) is 5.97 Å². The monoisotopic (exact) mass is 291 g/mol. The minimum absolute atomic E-state index is 0.0239. The maximum Gasteiger partial charge on any atom is 0.306 e. The molecule has 0 radical (unpaired) electrons. The first-order valence-electron chi connectivity index (χ1n) is 6.49. The first-order chi connectivity index (χ1) is 10.1.